The van der Waals surface area contributed by atoms with Crippen LogP contribution in [0.3, 0.4) is 0 Å². The minimum Gasteiger partial charge on any atom is -0.466 e. The Morgan fingerprint density at radius 2 is 2.06 bits per heavy atom. The summed E-state index contributed by atoms with van der Waals surface area (Å²) in [7, 11) is -2.13. The highest BCUT2D eigenvalue weighted by Crippen LogP contribution is 2.15. The van der Waals surface area contributed by atoms with Gasteiger partial charge in [0.05, 0.1) is 7.11 Å². The summed E-state index contributed by atoms with van der Waals surface area (Å²) in [6.45, 7) is 1.08. The van der Waals surface area contributed by atoms with Crippen LogP contribution < -0.4 is 9.46 Å². The van der Waals surface area contributed by atoms with Gasteiger partial charge in [0.1, 0.15) is 0 Å². The molecule has 0 aliphatic carbocycles. The quantitative estimate of drug-likeness (QED) is 0.792. The first-order valence-corrected chi connectivity index (χ1v) is 6.80. The van der Waals surface area contributed by atoms with Crippen LogP contribution in [0, 0.1) is 0 Å². The molecular weight excluding hydrogens is 246 g/mol. The van der Waals surface area contributed by atoms with Crippen LogP contribution in [0.25, 0.3) is 0 Å². The highest BCUT2D eigenvalue weighted by atomic mass is 32.2. The van der Waals surface area contributed by atoms with Crippen molar-refractivity contribution in [1.29, 1.82) is 0 Å². The van der Waals surface area contributed by atoms with Crippen molar-refractivity contribution in [3.8, 4) is 6.01 Å². The summed E-state index contributed by atoms with van der Waals surface area (Å²) in [4.78, 5) is 3.80. The van der Waals surface area contributed by atoms with Gasteiger partial charge in [-0.1, -0.05) is 6.42 Å². The van der Waals surface area contributed by atoms with Crippen LogP contribution in [-0.4, -0.2) is 48.1 Å². The van der Waals surface area contributed by atoms with E-state index >= 15 is 0 Å². The third-order valence-corrected chi connectivity index (χ3v) is 4.02. The second-order valence-electron chi connectivity index (χ2n) is 3.74. The molecule has 1 aliphatic rings. The van der Waals surface area contributed by atoms with Crippen molar-refractivity contribution >= 4 is 16.2 Å². The molecule has 2 N–H and O–H groups in total. The maximum Gasteiger partial charge on any atom is 0.336 e. The van der Waals surface area contributed by atoms with Crippen molar-refractivity contribution in [3.63, 3.8) is 0 Å². The maximum absolute atomic E-state index is 11.9. The number of methoxy groups -OCH3 is 1. The van der Waals surface area contributed by atoms with E-state index < -0.39 is 10.2 Å². The topological polar surface area (TPSA) is 100 Å². The van der Waals surface area contributed by atoms with Gasteiger partial charge in [0.2, 0.25) is 5.95 Å². The van der Waals surface area contributed by atoms with Crippen LogP contribution >= 0.6 is 0 Å². The highest BCUT2D eigenvalue weighted by Gasteiger charge is 2.24. The summed E-state index contributed by atoms with van der Waals surface area (Å²) < 4.78 is 32.4. The van der Waals surface area contributed by atoms with Gasteiger partial charge in [-0.15, -0.1) is 5.10 Å². The van der Waals surface area contributed by atoms with Gasteiger partial charge in [-0.05, 0) is 12.8 Å². The fraction of sp³-hybridized carbons (Fsp3) is 0.750. The number of hydrogen-bond acceptors (Lipinski definition) is 5. The molecule has 1 saturated heterocycles. The lowest BCUT2D eigenvalue weighted by Gasteiger charge is -2.25. The van der Waals surface area contributed by atoms with Gasteiger partial charge < -0.3 is 4.74 Å². The summed E-state index contributed by atoms with van der Waals surface area (Å²) in [5, 5.41) is 6.11. The molecule has 1 aromatic rings. The molecule has 96 valence electrons. The molecule has 0 radical (unpaired) electrons. The Morgan fingerprint density at radius 3 is 2.65 bits per heavy atom. The molecule has 0 unspecified atom stereocenters. The minimum absolute atomic E-state index is 0.0624. The van der Waals surface area contributed by atoms with Gasteiger partial charge >= 0.3 is 16.2 Å². The maximum atomic E-state index is 11.9. The summed E-state index contributed by atoms with van der Waals surface area (Å²) in [6.07, 6.45) is 2.85. The molecule has 2 heterocycles. The van der Waals surface area contributed by atoms with Crippen molar-refractivity contribution in [2.24, 2.45) is 0 Å². The van der Waals surface area contributed by atoms with E-state index in [-0.39, 0.29) is 12.0 Å². The molecule has 0 spiro atoms. The monoisotopic (exact) mass is 261 g/mol. The molecule has 0 saturated carbocycles. The predicted octanol–water partition coefficient (Wildman–Crippen LogP) is -0.0441. The first-order valence-electron chi connectivity index (χ1n) is 5.36. The zero-order chi connectivity index (χ0) is 12.3. The number of piperidine rings is 1. The standard InChI is InChI=1S/C8H15N5O3S/c1-16-8-9-7(10-11-8)12-17(14,15)13-5-3-2-4-6-13/h2-6H2,1H3,(H2,9,10,11,12). The molecule has 2 rings (SSSR count). The smallest absolute Gasteiger partial charge is 0.336 e. The molecule has 0 aromatic carbocycles. The number of H-pyrrole nitrogens is 1. The van der Waals surface area contributed by atoms with E-state index in [0.717, 1.165) is 19.3 Å². The molecule has 8 nitrogen and oxygen atoms in total. The number of nitrogens with zero attached hydrogens (tertiary/aromatic N) is 3. The number of ether oxygens (including phenoxy) is 1. The number of anilines is 1. The van der Waals surface area contributed by atoms with Crippen LogP contribution in [0.5, 0.6) is 6.01 Å². The third kappa shape index (κ3) is 2.86. The molecule has 1 aliphatic heterocycles. The first-order chi connectivity index (χ1) is 8.12. The van der Waals surface area contributed by atoms with Crippen LogP contribution in [0.2, 0.25) is 0 Å². The average Bonchev–Trinajstić information content (AvgIpc) is 2.77. The van der Waals surface area contributed by atoms with Crippen molar-refractivity contribution in [2.75, 3.05) is 24.9 Å². The number of nitrogens with one attached hydrogen (secondary N) is 2. The van der Waals surface area contributed by atoms with Crippen LogP contribution in [0.1, 0.15) is 19.3 Å². The lowest BCUT2D eigenvalue weighted by molar-refractivity contribution is 0.349. The zero-order valence-corrected chi connectivity index (χ0v) is 10.3. The fourth-order valence-electron chi connectivity index (χ4n) is 1.68. The Balaban J connectivity index is 2.05. The van der Waals surface area contributed by atoms with Crippen molar-refractivity contribution in [2.45, 2.75) is 19.3 Å². The van der Waals surface area contributed by atoms with Gasteiger partial charge in [-0.2, -0.15) is 17.7 Å². The Labute approximate surface area is 99.6 Å². The van der Waals surface area contributed by atoms with Crippen molar-refractivity contribution in [1.82, 2.24) is 19.5 Å². The number of aromatic nitrogens is 3. The predicted molar refractivity (Wildman–Crippen MR) is 60.9 cm³/mol. The Morgan fingerprint density at radius 1 is 1.35 bits per heavy atom. The van der Waals surface area contributed by atoms with E-state index in [4.69, 9.17) is 4.74 Å². The summed E-state index contributed by atoms with van der Waals surface area (Å²) >= 11 is 0. The van der Waals surface area contributed by atoms with Gasteiger partial charge in [-0.3, -0.25) is 0 Å². The summed E-state index contributed by atoms with van der Waals surface area (Å²) in [5.74, 6) is 0.0624. The molecule has 1 fully saturated rings. The van der Waals surface area contributed by atoms with E-state index in [9.17, 15) is 8.42 Å². The number of hydrogen-bond donors (Lipinski definition) is 2. The van der Waals surface area contributed by atoms with E-state index in [1.165, 1.54) is 11.4 Å². The summed E-state index contributed by atoms with van der Waals surface area (Å²) in [6, 6.07) is 0.0985. The molecule has 0 bridgehead atoms. The number of rotatable bonds is 4. The average molecular weight is 261 g/mol. The Hall–Kier alpha value is -1.35. The SMILES string of the molecule is COc1n[nH]c(NS(=O)(=O)N2CCCCC2)n1. The summed E-state index contributed by atoms with van der Waals surface area (Å²) in [5.41, 5.74) is 0. The Bertz CT molecular complexity index is 465. The highest BCUT2D eigenvalue weighted by molar-refractivity contribution is 7.90. The van der Waals surface area contributed by atoms with E-state index in [0.29, 0.717) is 13.1 Å². The lowest BCUT2D eigenvalue weighted by Crippen LogP contribution is -2.39. The van der Waals surface area contributed by atoms with Crippen molar-refractivity contribution in [3.05, 3.63) is 0 Å². The molecule has 0 amide bonds. The van der Waals surface area contributed by atoms with Crippen molar-refractivity contribution < 1.29 is 13.2 Å². The fourth-order valence-corrected chi connectivity index (χ4v) is 2.88. The van der Waals surface area contributed by atoms with Gasteiger partial charge in [-0.25, -0.2) is 9.82 Å². The zero-order valence-electron chi connectivity index (χ0n) is 9.51. The van der Waals surface area contributed by atoms with Gasteiger partial charge in [0.15, 0.2) is 0 Å². The van der Waals surface area contributed by atoms with Crippen LogP contribution in [-0.2, 0) is 10.2 Å². The molecule has 0 atom stereocenters. The third-order valence-electron chi connectivity index (χ3n) is 2.53. The van der Waals surface area contributed by atoms with Crippen LogP contribution in [0.4, 0.5) is 5.95 Å². The van der Waals surface area contributed by atoms with E-state index in [1.807, 2.05) is 0 Å². The molecular formula is C8H15N5O3S. The van der Waals surface area contributed by atoms with Crippen LogP contribution in [0.15, 0.2) is 0 Å². The van der Waals surface area contributed by atoms with E-state index in [1.54, 1.807) is 0 Å². The minimum atomic E-state index is -3.54. The first kappa shape index (κ1) is 12.1. The van der Waals surface area contributed by atoms with E-state index in [2.05, 4.69) is 19.9 Å². The molecule has 9 heteroatoms. The van der Waals surface area contributed by atoms with Gasteiger partial charge in [0.25, 0.3) is 0 Å². The second kappa shape index (κ2) is 4.88. The second-order valence-corrected chi connectivity index (χ2v) is 5.41. The molecule has 1 aromatic heterocycles. The molecule has 17 heavy (non-hydrogen) atoms. The largest absolute Gasteiger partial charge is 0.466 e. The normalized spacial score (nSPS) is 17.9. The number of aromatic amines is 1. The van der Waals surface area contributed by atoms with Gasteiger partial charge in [0, 0.05) is 13.1 Å². The lowest BCUT2D eigenvalue weighted by atomic mass is 10.2. The Kier molecular flexibility index (Phi) is 3.48.